The van der Waals surface area contributed by atoms with Crippen LogP contribution in [-0.4, -0.2) is 27.4 Å². The predicted octanol–water partition coefficient (Wildman–Crippen LogP) is 4.53. The van der Waals surface area contributed by atoms with Gasteiger partial charge in [-0.1, -0.05) is 58.0 Å². The molecule has 0 aliphatic rings. The molecule has 9 heteroatoms. The van der Waals surface area contributed by atoms with Crippen molar-refractivity contribution in [1.29, 1.82) is 0 Å². The topological polar surface area (TPSA) is 76.3 Å². The van der Waals surface area contributed by atoms with Gasteiger partial charge in [-0.15, -0.1) is 0 Å². The number of amides is 1. The zero-order chi connectivity index (χ0) is 22.5. The Morgan fingerprint density at radius 2 is 1.88 bits per heavy atom. The lowest BCUT2D eigenvalue weighted by molar-refractivity contribution is -0.118. The van der Waals surface area contributed by atoms with Crippen LogP contribution in [0.25, 0.3) is 16.6 Å². The number of hydrogen-bond acceptors (Lipinski definition) is 5. The Kier molecular flexibility index (Phi) is 6.77. The number of para-hydroxylation sites is 2. The van der Waals surface area contributed by atoms with E-state index in [1.807, 2.05) is 18.2 Å². The molecule has 0 spiro atoms. The minimum atomic E-state index is -0.451. The molecule has 0 saturated carbocycles. The molecule has 1 heterocycles. The number of hydrazone groups is 1. The van der Waals surface area contributed by atoms with Crippen molar-refractivity contribution in [2.45, 2.75) is 5.16 Å². The van der Waals surface area contributed by atoms with Gasteiger partial charge in [0.25, 0.3) is 11.5 Å². The first-order valence-electron chi connectivity index (χ1n) is 9.50. The third kappa shape index (κ3) is 4.95. The summed E-state index contributed by atoms with van der Waals surface area (Å²) in [4.78, 5) is 30.0. The molecular weight excluding hydrogens is 495 g/mol. The van der Waals surface area contributed by atoms with Gasteiger partial charge < -0.3 is 0 Å². The molecule has 1 aromatic heterocycles. The van der Waals surface area contributed by atoms with E-state index in [0.717, 1.165) is 11.8 Å². The van der Waals surface area contributed by atoms with Crippen LogP contribution in [0.4, 0.5) is 4.39 Å². The molecule has 0 radical (unpaired) electrons. The maximum absolute atomic E-state index is 13.8. The lowest BCUT2D eigenvalue weighted by Crippen LogP contribution is -2.24. The molecular formula is C23H16BrFN4O2S. The lowest BCUT2D eigenvalue weighted by atomic mass is 10.2. The second-order valence-electron chi connectivity index (χ2n) is 6.64. The number of thioether (sulfide) groups is 1. The Balaban J connectivity index is 1.55. The van der Waals surface area contributed by atoms with E-state index in [2.05, 4.69) is 31.4 Å². The van der Waals surface area contributed by atoms with Gasteiger partial charge >= 0.3 is 0 Å². The number of rotatable bonds is 6. The predicted molar refractivity (Wildman–Crippen MR) is 128 cm³/mol. The highest BCUT2D eigenvalue weighted by molar-refractivity contribution is 9.10. The second-order valence-corrected chi connectivity index (χ2v) is 8.49. The minimum Gasteiger partial charge on any atom is -0.272 e. The van der Waals surface area contributed by atoms with Crippen molar-refractivity contribution in [3.8, 4) is 5.69 Å². The number of halogens is 2. The smallest absolute Gasteiger partial charge is 0.266 e. The van der Waals surface area contributed by atoms with Crippen LogP contribution >= 0.6 is 27.7 Å². The Labute approximate surface area is 195 Å². The number of aromatic nitrogens is 2. The second kappa shape index (κ2) is 9.88. The minimum absolute atomic E-state index is 0.0318. The molecule has 0 bridgehead atoms. The monoisotopic (exact) mass is 510 g/mol. The highest BCUT2D eigenvalue weighted by Gasteiger charge is 2.14. The highest BCUT2D eigenvalue weighted by atomic mass is 79.9. The summed E-state index contributed by atoms with van der Waals surface area (Å²) in [5.41, 5.74) is 3.60. The fourth-order valence-corrected chi connectivity index (χ4v) is 4.15. The van der Waals surface area contributed by atoms with E-state index in [-0.39, 0.29) is 16.9 Å². The van der Waals surface area contributed by atoms with Crippen LogP contribution in [0.1, 0.15) is 5.56 Å². The van der Waals surface area contributed by atoms with E-state index in [1.54, 1.807) is 48.5 Å². The molecule has 4 rings (SSSR count). The van der Waals surface area contributed by atoms with Crippen LogP contribution < -0.4 is 11.0 Å². The van der Waals surface area contributed by atoms with Gasteiger partial charge in [0, 0.05) is 10.0 Å². The van der Waals surface area contributed by atoms with Crippen LogP contribution in [-0.2, 0) is 4.79 Å². The third-order valence-electron chi connectivity index (χ3n) is 4.44. The largest absolute Gasteiger partial charge is 0.272 e. The maximum Gasteiger partial charge on any atom is 0.266 e. The fourth-order valence-electron chi connectivity index (χ4n) is 2.96. The highest BCUT2D eigenvalue weighted by Crippen LogP contribution is 2.21. The molecule has 1 N–H and O–H groups in total. The quantitative estimate of drug-likeness (QED) is 0.179. The first kappa shape index (κ1) is 21.9. The van der Waals surface area contributed by atoms with E-state index in [9.17, 15) is 14.0 Å². The summed E-state index contributed by atoms with van der Waals surface area (Å²) in [6, 6.07) is 20.6. The summed E-state index contributed by atoms with van der Waals surface area (Å²) in [7, 11) is 0. The van der Waals surface area contributed by atoms with Crippen molar-refractivity contribution in [2.75, 3.05) is 5.75 Å². The molecule has 4 aromatic rings. The third-order valence-corrected chi connectivity index (χ3v) is 5.87. The summed E-state index contributed by atoms with van der Waals surface area (Å²) in [6.07, 6.45) is 1.23. The number of hydrogen-bond donors (Lipinski definition) is 1. The first-order chi connectivity index (χ1) is 15.5. The molecule has 0 unspecified atom stereocenters. The van der Waals surface area contributed by atoms with Gasteiger partial charge in [-0.25, -0.2) is 14.8 Å². The molecule has 0 aliphatic carbocycles. The molecule has 0 saturated heterocycles. The van der Waals surface area contributed by atoms with Crippen molar-refractivity contribution < 1.29 is 9.18 Å². The van der Waals surface area contributed by atoms with Crippen molar-refractivity contribution in [2.24, 2.45) is 5.10 Å². The van der Waals surface area contributed by atoms with E-state index in [0.29, 0.717) is 26.2 Å². The van der Waals surface area contributed by atoms with E-state index in [1.165, 1.54) is 16.8 Å². The summed E-state index contributed by atoms with van der Waals surface area (Å²) in [5.74, 6) is -0.896. The van der Waals surface area contributed by atoms with Gasteiger partial charge in [-0.2, -0.15) is 5.10 Å². The summed E-state index contributed by atoms with van der Waals surface area (Å²) >= 11 is 4.38. The van der Waals surface area contributed by atoms with E-state index < -0.39 is 11.7 Å². The van der Waals surface area contributed by atoms with Crippen molar-refractivity contribution in [3.63, 3.8) is 0 Å². The van der Waals surface area contributed by atoms with Crippen molar-refractivity contribution in [1.82, 2.24) is 15.0 Å². The number of carbonyl (C=O) groups excluding carboxylic acids is 1. The molecule has 3 aromatic carbocycles. The van der Waals surface area contributed by atoms with Gasteiger partial charge in [0.2, 0.25) is 0 Å². The van der Waals surface area contributed by atoms with E-state index >= 15 is 0 Å². The van der Waals surface area contributed by atoms with Gasteiger partial charge in [-0.3, -0.25) is 14.2 Å². The van der Waals surface area contributed by atoms with Crippen LogP contribution in [0, 0.1) is 5.82 Å². The van der Waals surface area contributed by atoms with Crippen molar-refractivity contribution >= 4 is 50.7 Å². The fraction of sp³-hybridized carbons (Fsp3) is 0.0435. The summed E-state index contributed by atoms with van der Waals surface area (Å²) < 4.78 is 15.9. The molecule has 0 aliphatic heterocycles. The SMILES string of the molecule is O=C(CSc1nc2ccccc2c(=O)n1-c1ccccc1)N/N=C/c1cc(Br)ccc1F. The first-order valence-corrected chi connectivity index (χ1v) is 11.3. The van der Waals surface area contributed by atoms with E-state index in [4.69, 9.17) is 0 Å². The van der Waals surface area contributed by atoms with Gasteiger partial charge in [0.1, 0.15) is 5.82 Å². The maximum atomic E-state index is 13.8. The van der Waals surface area contributed by atoms with Crippen LogP contribution in [0.15, 0.2) is 92.3 Å². The van der Waals surface area contributed by atoms with Gasteiger partial charge in [-0.05, 0) is 42.5 Å². The Hall–Kier alpha value is -3.30. The molecule has 160 valence electrons. The van der Waals surface area contributed by atoms with Crippen LogP contribution in [0.5, 0.6) is 0 Å². The molecule has 0 fully saturated rings. The average molecular weight is 511 g/mol. The van der Waals surface area contributed by atoms with Gasteiger partial charge in [0.05, 0.1) is 28.6 Å². The van der Waals surface area contributed by atoms with Gasteiger partial charge in [0.15, 0.2) is 5.16 Å². The Bertz CT molecular complexity index is 1380. The lowest BCUT2D eigenvalue weighted by Gasteiger charge is -2.12. The molecule has 32 heavy (non-hydrogen) atoms. The number of benzene rings is 3. The van der Waals surface area contributed by atoms with Crippen molar-refractivity contribution in [3.05, 3.63) is 99.0 Å². The zero-order valence-corrected chi connectivity index (χ0v) is 18.9. The number of nitrogens with one attached hydrogen (secondary N) is 1. The number of nitrogens with zero attached hydrogens (tertiary/aromatic N) is 3. The van der Waals surface area contributed by atoms with Crippen LogP contribution in [0.2, 0.25) is 0 Å². The number of fused-ring (bicyclic) bond motifs is 1. The summed E-state index contributed by atoms with van der Waals surface area (Å²) in [5, 5.41) is 4.69. The standard InChI is InChI=1S/C23H16BrFN4O2S/c24-16-10-11-19(25)15(12-16)13-26-28-21(30)14-32-23-27-20-9-5-4-8-18(20)22(31)29(23)17-6-2-1-3-7-17/h1-13H,14H2,(H,28,30)/b26-13+. The average Bonchev–Trinajstić information content (AvgIpc) is 2.80. The molecule has 1 amide bonds. The van der Waals surface area contributed by atoms with Crippen LogP contribution in [0.3, 0.4) is 0 Å². The number of carbonyl (C=O) groups is 1. The summed E-state index contributed by atoms with van der Waals surface area (Å²) in [6.45, 7) is 0. The normalized spacial score (nSPS) is 11.2. The Morgan fingerprint density at radius 1 is 1.12 bits per heavy atom. The molecule has 6 nitrogen and oxygen atoms in total. The Morgan fingerprint density at radius 3 is 2.69 bits per heavy atom. The zero-order valence-electron chi connectivity index (χ0n) is 16.5. The molecule has 0 atom stereocenters.